The summed E-state index contributed by atoms with van der Waals surface area (Å²) >= 11 is 0. The maximum atomic E-state index is 12.1. The van der Waals surface area contributed by atoms with Gasteiger partial charge in [0.2, 0.25) is 0 Å². The van der Waals surface area contributed by atoms with Gasteiger partial charge in [-0.15, -0.1) is 0 Å². The number of carbonyl (C=O) groups is 6. The quantitative estimate of drug-likeness (QED) is 0.157. The average Bonchev–Trinajstić information content (AvgIpc) is 2.87. The number of ether oxygens (including phenoxy) is 9. The van der Waals surface area contributed by atoms with Crippen molar-refractivity contribution in [3.63, 3.8) is 0 Å². The number of carbonyl (C=O) groups excluding carboxylic acids is 6. The van der Waals surface area contributed by atoms with E-state index in [0.29, 0.717) is 0 Å². The van der Waals surface area contributed by atoms with E-state index in [-0.39, 0.29) is 0 Å². The van der Waals surface area contributed by atoms with Crippen molar-refractivity contribution in [1.29, 1.82) is 0 Å². The molecule has 18 nitrogen and oxygen atoms in total. The summed E-state index contributed by atoms with van der Waals surface area (Å²) in [4.78, 5) is 71.6. The first kappa shape index (κ1) is 35.8. The highest BCUT2D eigenvalue weighted by molar-refractivity contribution is 5.69. The minimum Gasteiger partial charge on any atom is -0.463 e. The van der Waals surface area contributed by atoms with Gasteiger partial charge >= 0.3 is 35.8 Å². The Bertz CT molecular complexity index is 1030. The summed E-state index contributed by atoms with van der Waals surface area (Å²) in [5, 5.41) is 30.8. The van der Waals surface area contributed by atoms with Gasteiger partial charge in [-0.05, 0) is 0 Å². The third kappa shape index (κ3) is 10.1. The van der Waals surface area contributed by atoms with E-state index in [9.17, 15) is 44.1 Å². The van der Waals surface area contributed by atoms with Crippen LogP contribution in [0.1, 0.15) is 41.5 Å². The maximum absolute atomic E-state index is 12.1. The lowest BCUT2D eigenvalue weighted by Gasteiger charge is -2.48. The summed E-state index contributed by atoms with van der Waals surface area (Å²) in [6.45, 7) is 4.48. The fourth-order valence-corrected chi connectivity index (χ4v) is 4.52. The van der Waals surface area contributed by atoms with E-state index >= 15 is 0 Å². The van der Waals surface area contributed by atoms with Crippen LogP contribution in [0.2, 0.25) is 0 Å². The smallest absolute Gasteiger partial charge is 0.303 e. The fourth-order valence-electron chi connectivity index (χ4n) is 4.52. The number of aliphatic hydroxyl groups excluding tert-OH is 3. The topological polar surface area (TPSA) is 246 Å². The monoisotopic (exact) mass is 624 g/mol. The zero-order chi connectivity index (χ0) is 32.6. The molecule has 0 unspecified atom stereocenters. The van der Waals surface area contributed by atoms with Crippen molar-refractivity contribution < 1.29 is 86.7 Å². The second-order valence-electron chi connectivity index (χ2n) is 9.56. The molecule has 2 saturated heterocycles. The van der Waals surface area contributed by atoms with E-state index in [1.807, 2.05) is 0 Å². The van der Waals surface area contributed by atoms with Crippen LogP contribution in [-0.2, 0) is 71.4 Å². The van der Waals surface area contributed by atoms with E-state index in [1.54, 1.807) is 0 Å². The molecule has 2 heterocycles. The molecule has 0 aromatic heterocycles. The average molecular weight is 625 g/mol. The molecule has 0 aromatic carbocycles. The molecule has 0 aliphatic carbocycles. The van der Waals surface area contributed by atoms with Crippen LogP contribution < -0.4 is 0 Å². The second-order valence-corrected chi connectivity index (χ2v) is 9.56. The van der Waals surface area contributed by atoms with Crippen LogP contribution in [-0.4, -0.2) is 132 Å². The zero-order valence-corrected chi connectivity index (χ0v) is 24.2. The van der Waals surface area contributed by atoms with Crippen molar-refractivity contribution >= 4 is 35.8 Å². The summed E-state index contributed by atoms with van der Waals surface area (Å²) in [5.74, 6) is -5.44. The van der Waals surface area contributed by atoms with Gasteiger partial charge in [-0.2, -0.15) is 0 Å². The maximum Gasteiger partial charge on any atom is 0.303 e. The predicted octanol–water partition coefficient (Wildman–Crippen LogP) is -2.61. The Morgan fingerprint density at radius 3 is 1.53 bits per heavy atom. The van der Waals surface area contributed by atoms with Crippen molar-refractivity contribution in [3.8, 4) is 0 Å². The first-order chi connectivity index (χ1) is 20.0. The molecule has 0 spiro atoms. The van der Waals surface area contributed by atoms with Crippen LogP contribution in [0.25, 0.3) is 0 Å². The Morgan fingerprint density at radius 1 is 0.628 bits per heavy atom. The molecule has 244 valence electrons. The van der Waals surface area contributed by atoms with Crippen LogP contribution in [0.4, 0.5) is 0 Å². The third-order valence-corrected chi connectivity index (χ3v) is 5.96. The molecule has 2 aliphatic heterocycles. The molecule has 0 aromatic rings. The molecule has 0 radical (unpaired) electrons. The Kier molecular flexibility index (Phi) is 13.2. The van der Waals surface area contributed by atoms with Crippen LogP contribution in [0.5, 0.6) is 0 Å². The van der Waals surface area contributed by atoms with Gasteiger partial charge in [0.25, 0.3) is 0 Å². The number of aliphatic hydroxyl groups is 3. The van der Waals surface area contributed by atoms with Gasteiger partial charge < -0.3 is 58.0 Å². The standard InChI is InChI=1S/C25H36O18/c1-9(27)35-8-16-18(20(37-11(3)29)22(24(34)41-16)39-13(5)31)43-25-23(40-14(6)32)21(38-12(4)30)19(36-10(2)28)17(42-25)15(33)7-26/h15-26,33-34H,7-8H2,1-6H3/t15-,16-,17-,18+,19+,20+,21+,22-,23-,24+,25+/m1/s1. The number of hydrogen-bond donors (Lipinski definition) is 3. The van der Waals surface area contributed by atoms with Gasteiger partial charge in [-0.3, -0.25) is 28.8 Å². The summed E-state index contributed by atoms with van der Waals surface area (Å²) in [6, 6.07) is 0. The normalized spacial score (nSPS) is 32.9. The molecule has 2 aliphatic rings. The summed E-state index contributed by atoms with van der Waals surface area (Å²) in [5.41, 5.74) is 0. The minimum absolute atomic E-state index is 0.612. The molecule has 11 atom stereocenters. The van der Waals surface area contributed by atoms with E-state index in [0.717, 1.165) is 41.5 Å². The molecule has 3 N–H and O–H groups in total. The summed E-state index contributed by atoms with van der Waals surface area (Å²) in [6.07, 6.45) is -18.8. The molecule has 2 rings (SSSR count). The molecule has 18 heteroatoms. The summed E-state index contributed by atoms with van der Waals surface area (Å²) < 4.78 is 48.6. The fraction of sp³-hybridized carbons (Fsp3) is 0.760. The lowest BCUT2D eigenvalue weighted by atomic mass is 9.93. The van der Waals surface area contributed by atoms with Gasteiger partial charge in [0.05, 0.1) is 6.61 Å². The summed E-state index contributed by atoms with van der Waals surface area (Å²) in [7, 11) is 0. The molecule has 43 heavy (non-hydrogen) atoms. The van der Waals surface area contributed by atoms with Crippen molar-refractivity contribution in [2.75, 3.05) is 13.2 Å². The van der Waals surface area contributed by atoms with Gasteiger partial charge in [0.1, 0.15) is 31.0 Å². The van der Waals surface area contributed by atoms with E-state index in [1.165, 1.54) is 0 Å². The highest BCUT2D eigenvalue weighted by Gasteiger charge is 2.58. The minimum atomic E-state index is -1.92. The first-order valence-electron chi connectivity index (χ1n) is 13.0. The van der Waals surface area contributed by atoms with Gasteiger partial charge in [0, 0.05) is 41.5 Å². The molecule has 0 bridgehead atoms. The predicted molar refractivity (Wildman–Crippen MR) is 132 cm³/mol. The highest BCUT2D eigenvalue weighted by Crippen LogP contribution is 2.35. The molecule has 2 fully saturated rings. The molecule has 0 saturated carbocycles. The van der Waals surface area contributed by atoms with Crippen LogP contribution in [0, 0.1) is 0 Å². The number of esters is 6. The number of rotatable bonds is 11. The van der Waals surface area contributed by atoms with E-state index < -0.39 is 117 Å². The van der Waals surface area contributed by atoms with Crippen molar-refractivity contribution in [2.24, 2.45) is 0 Å². The van der Waals surface area contributed by atoms with Crippen LogP contribution in [0.3, 0.4) is 0 Å². The van der Waals surface area contributed by atoms with E-state index in [2.05, 4.69) is 0 Å². The largest absolute Gasteiger partial charge is 0.463 e. The van der Waals surface area contributed by atoms with Gasteiger partial charge in [-0.1, -0.05) is 0 Å². The first-order valence-corrected chi connectivity index (χ1v) is 13.0. The number of hydrogen-bond acceptors (Lipinski definition) is 18. The third-order valence-electron chi connectivity index (χ3n) is 5.96. The van der Waals surface area contributed by atoms with Gasteiger partial charge in [-0.25, -0.2) is 0 Å². The Labute approximate surface area is 245 Å². The van der Waals surface area contributed by atoms with Crippen molar-refractivity contribution in [1.82, 2.24) is 0 Å². The molecular formula is C25H36O18. The Morgan fingerprint density at radius 2 is 1.07 bits per heavy atom. The Balaban J connectivity index is 2.67. The van der Waals surface area contributed by atoms with Crippen molar-refractivity contribution in [2.45, 2.75) is 109 Å². The van der Waals surface area contributed by atoms with Crippen LogP contribution >= 0.6 is 0 Å². The molecular weight excluding hydrogens is 588 g/mol. The zero-order valence-electron chi connectivity index (χ0n) is 24.2. The molecule has 0 amide bonds. The SMILES string of the molecule is CC(=O)OC[C@H]1O[C@H](O)[C@H](OC(C)=O)[C@@H](OC(C)=O)[C@H]1O[C@@H]1O[C@H]([C@H](O)CO)[C@H](OC(C)=O)[C@H](OC(C)=O)[C@H]1OC(C)=O. The van der Waals surface area contributed by atoms with E-state index in [4.69, 9.17) is 42.6 Å². The Hall–Kier alpha value is -3.42. The lowest BCUT2D eigenvalue weighted by molar-refractivity contribution is -0.361. The second kappa shape index (κ2) is 15.9. The lowest BCUT2D eigenvalue weighted by Crippen LogP contribution is -2.68. The highest BCUT2D eigenvalue weighted by atomic mass is 16.8. The van der Waals surface area contributed by atoms with Crippen LogP contribution in [0.15, 0.2) is 0 Å². The van der Waals surface area contributed by atoms with Gasteiger partial charge in [0.15, 0.2) is 43.1 Å². The van der Waals surface area contributed by atoms with Crippen molar-refractivity contribution in [3.05, 3.63) is 0 Å².